The summed E-state index contributed by atoms with van der Waals surface area (Å²) >= 11 is 7.32. The van der Waals surface area contributed by atoms with Crippen molar-refractivity contribution in [1.29, 1.82) is 0 Å². The molecule has 5 heteroatoms. The van der Waals surface area contributed by atoms with Crippen molar-refractivity contribution in [2.75, 3.05) is 0 Å². The minimum Gasteiger partial charge on any atom is -0.323 e. The van der Waals surface area contributed by atoms with Crippen LogP contribution in [0.2, 0.25) is 5.02 Å². The van der Waals surface area contributed by atoms with Crippen LogP contribution in [0.4, 0.5) is 0 Å². The number of hydrogen-bond acceptors (Lipinski definition) is 4. The average molecular weight is 266 g/mol. The van der Waals surface area contributed by atoms with Crippen LogP contribution in [0.1, 0.15) is 18.7 Å². The molecule has 2 heterocycles. The van der Waals surface area contributed by atoms with E-state index in [-0.39, 0.29) is 6.04 Å². The van der Waals surface area contributed by atoms with Gasteiger partial charge in [-0.05, 0) is 31.2 Å². The van der Waals surface area contributed by atoms with Crippen LogP contribution in [-0.4, -0.2) is 9.97 Å². The Balaban J connectivity index is 2.11. The van der Waals surface area contributed by atoms with Crippen LogP contribution in [0.3, 0.4) is 0 Å². The average Bonchev–Trinajstić information content (AvgIpc) is 2.33. The Kier molecular flexibility index (Phi) is 3.99. The van der Waals surface area contributed by atoms with Crippen molar-refractivity contribution < 1.29 is 0 Å². The van der Waals surface area contributed by atoms with E-state index in [1.807, 2.05) is 31.2 Å². The summed E-state index contributed by atoms with van der Waals surface area (Å²) in [6.45, 7) is 1.91. The maximum atomic E-state index is 5.77. The van der Waals surface area contributed by atoms with E-state index in [0.29, 0.717) is 5.02 Å². The molecule has 0 aliphatic carbocycles. The summed E-state index contributed by atoms with van der Waals surface area (Å²) in [6.07, 6.45) is 3.44. The molecule has 0 saturated carbocycles. The summed E-state index contributed by atoms with van der Waals surface area (Å²) in [5, 5.41) is 1.53. The molecule has 88 valence electrons. The van der Waals surface area contributed by atoms with Gasteiger partial charge < -0.3 is 5.73 Å². The first-order valence-electron chi connectivity index (χ1n) is 5.16. The topological polar surface area (TPSA) is 51.8 Å². The van der Waals surface area contributed by atoms with Gasteiger partial charge in [0.1, 0.15) is 5.03 Å². The van der Waals surface area contributed by atoms with Crippen molar-refractivity contribution in [3.63, 3.8) is 0 Å². The standard InChI is InChI=1S/C12H12ClN3S/c1-8(14)11-4-3-10(7-15-11)17-12-5-2-9(13)6-16-12/h2-8H,14H2,1H3/t8-/m1/s1. The van der Waals surface area contributed by atoms with Gasteiger partial charge in [0.2, 0.25) is 0 Å². The fourth-order valence-electron chi connectivity index (χ4n) is 1.26. The Labute approximate surface area is 109 Å². The van der Waals surface area contributed by atoms with Crippen LogP contribution in [0.5, 0.6) is 0 Å². The number of nitrogens with zero attached hydrogens (tertiary/aromatic N) is 2. The van der Waals surface area contributed by atoms with Crippen LogP contribution in [0, 0.1) is 0 Å². The fourth-order valence-corrected chi connectivity index (χ4v) is 2.10. The second-order valence-electron chi connectivity index (χ2n) is 3.62. The van der Waals surface area contributed by atoms with Gasteiger partial charge in [0, 0.05) is 23.3 Å². The molecule has 1 atom stereocenters. The minimum absolute atomic E-state index is 0.0392. The van der Waals surface area contributed by atoms with Gasteiger partial charge in [0.15, 0.2) is 0 Å². The van der Waals surface area contributed by atoms with Crippen LogP contribution in [0.15, 0.2) is 46.6 Å². The van der Waals surface area contributed by atoms with Crippen molar-refractivity contribution >= 4 is 23.4 Å². The Bertz CT molecular complexity index is 482. The molecule has 0 aromatic carbocycles. The Morgan fingerprint density at radius 1 is 1.18 bits per heavy atom. The van der Waals surface area contributed by atoms with E-state index in [0.717, 1.165) is 15.6 Å². The number of pyridine rings is 2. The number of hydrogen-bond donors (Lipinski definition) is 1. The third kappa shape index (κ3) is 3.43. The first-order chi connectivity index (χ1) is 8.15. The molecule has 0 bridgehead atoms. The highest BCUT2D eigenvalue weighted by Gasteiger charge is 2.02. The van der Waals surface area contributed by atoms with E-state index < -0.39 is 0 Å². The third-order valence-electron chi connectivity index (χ3n) is 2.15. The predicted molar refractivity (Wildman–Crippen MR) is 70.2 cm³/mol. The Morgan fingerprint density at radius 2 is 2.00 bits per heavy atom. The van der Waals surface area contributed by atoms with E-state index in [9.17, 15) is 0 Å². The van der Waals surface area contributed by atoms with Gasteiger partial charge >= 0.3 is 0 Å². The highest BCUT2D eigenvalue weighted by molar-refractivity contribution is 7.99. The molecule has 0 radical (unpaired) electrons. The lowest BCUT2D eigenvalue weighted by molar-refractivity contribution is 0.777. The Hall–Kier alpha value is -1.10. The zero-order valence-electron chi connectivity index (χ0n) is 9.30. The molecule has 0 amide bonds. The summed E-state index contributed by atoms with van der Waals surface area (Å²) in [4.78, 5) is 9.53. The lowest BCUT2D eigenvalue weighted by Gasteiger charge is -2.05. The molecule has 2 N–H and O–H groups in total. The molecule has 0 spiro atoms. The zero-order valence-corrected chi connectivity index (χ0v) is 10.9. The van der Waals surface area contributed by atoms with Crippen molar-refractivity contribution in [3.05, 3.63) is 47.4 Å². The smallest absolute Gasteiger partial charge is 0.101 e. The van der Waals surface area contributed by atoms with Crippen molar-refractivity contribution in [3.8, 4) is 0 Å². The lowest BCUT2D eigenvalue weighted by atomic mass is 10.2. The predicted octanol–water partition coefficient (Wildman–Crippen LogP) is 3.30. The highest BCUT2D eigenvalue weighted by Crippen LogP contribution is 2.26. The first-order valence-corrected chi connectivity index (χ1v) is 6.35. The van der Waals surface area contributed by atoms with E-state index in [4.69, 9.17) is 17.3 Å². The molecule has 0 aliphatic heterocycles. The van der Waals surface area contributed by atoms with Crippen LogP contribution in [0.25, 0.3) is 0 Å². The number of aromatic nitrogens is 2. The number of rotatable bonds is 3. The summed E-state index contributed by atoms with van der Waals surface area (Å²) in [5.41, 5.74) is 6.62. The zero-order chi connectivity index (χ0) is 12.3. The molecule has 17 heavy (non-hydrogen) atoms. The molecule has 0 unspecified atom stereocenters. The second-order valence-corrected chi connectivity index (χ2v) is 5.15. The quantitative estimate of drug-likeness (QED) is 0.925. The lowest BCUT2D eigenvalue weighted by Crippen LogP contribution is -2.06. The molecule has 2 aromatic rings. The Morgan fingerprint density at radius 3 is 2.53 bits per heavy atom. The minimum atomic E-state index is -0.0392. The summed E-state index contributed by atoms with van der Waals surface area (Å²) in [5.74, 6) is 0. The van der Waals surface area contributed by atoms with E-state index in [2.05, 4.69) is 9.97 Å². The molecular formula is C12H12ClN3S. The van der Waals surface area contributed by atoms with Gasteiger partial charge in [-0.3, -0.25) is 4.98 Å². The van der Waals surface area contributed by atoms with Crippen molar-refractivity contribution in [1.82, 2.24) is 9.97 Å². The van der Waals surface area contributed by atoms with Gasteiger partial charge in [0.05, 0.1) is 10.7 Å². The van der Waals surface area contributed by atoms with Crippen molar-refractivity contribution in [2.45, 2.75) is 22.9 Å². The molecule has 0 aliphatic rings. The molecule has 0 saturated heterocycles. The van der Waals surface area contributed by atoms with Crippen LogP contribution >= 0.6 is 23.4 Å². The molecular weight excluding hydrogens is 254 g/mol. The molecule has 3 nitrogen and oxygen atoms in total. The monoisotopic (exact) mass is 265 g/mol. The summed E-state index contributed by atoms with van der Waals surface area (Å²) < 4.78 is 0. The molecule has 0 fully saturated rings. The SMILES string of the molecule is C[C@@H](N)c1ccc(Sc2ccc(Cl)cn2)cn1. The molecule has 2 aromatic heterocycles. The maximum Gasteiger partial charge on any atom is 0.101 e. The number of nitrogens with two attached hydrogens (primary N) is 1. The van der Waals surface area contributed by atoms with E-state index >= 15 is 0 Å². The van der Waals surface area contributed by atoms with Crippen LogP contribution < -0.4 is 5.73 Å². The van der Waals surface area contributed by atoms with Crippen LogP contribution in [-0.2, 0) is 0 Å². The number of halogens is 1. The molecule has 2 rings (SSSR count). The van der Waals surface area contributed by atoms with E-state index in [1.165, 1.54) is 0 Å². The van der Waals surface area contributed by atoms with Gasteiger partial charge in [-0.25, -0.2) is 4.98 Å². The fraction of sp³-hybridized carbons (Fsp3) is 0.167. The highest BCUT2D eigenvalue weighted by atomic mass is 35.5. The summed E-state index contributed by atoms with van der Waals surface area (Å²) in [6, 6.07) is 7.59. The van der Waals surface area contributed by atoms with Gasteiger partial charge in [-0.2, -0.15) is 0 Å². The second kappa shape index (κ2) is 5.49. The van der Waals surface area contributed by atoms with E-state index in [1.54, 1.807) is 24.2 Å². The first kappa shape index (κ1) is 12.4. The largest absolute Gasteiger partial charge is 0.323 e. The van der Waals surface area contributed by atoms with Gasteiger partial charge in [0.25, 0.3) is 0 Å². The normalized spacial score (nSPS) is 12.4. The third-order valence-corrected chi connectivity index (χ3v) is 3.30. The maximum absolute atomic E-state index is 5.77. The summed E-state index contributed by atoms with van der Waals surface area (Å²) in [7, 11) is 0. The van der Waals surface area contributed by atoms with Gasteiger partial charge in [-0.15, -0.1) is 0 Å². The van der Waals surface area contributed by atoms with Crippen molar-refractivity contribution in [2.24, 2.45) is 5.73 Å². The van der Waals surface area contributed by atoms with Gasteiger partial charge in [-0.1, -0.05) is 23.4 Å².